The Morgan fingerprint density at radius 1 is 1.00 bits per heavy atom. The molecular weight excluding hydrogens is 232 g/mol. The molecule has 0 saturated heterocycles. The molecule has 0 radical (unpaired) electrons. The maximum atomic E-state index is 3.36. The van der Waals surface area contributed by atoms with Crippen LogP contribution in [0.15, 0.2) is 54.6 Å². The third kappa shape index (κ3) is 4.25. The van der Waals surface area contributed by atoms with E-state index in [2.05, 4.69) is 72.4 Å². The van der Waals surface area contributed by atoms with E-state index in [4.69, 9.17) is 0 Å². The van der Waals surface area contributed by atoms with E-state index in [1.54, 1.807) is 0 Å². The van der Waals surface area contributed by atoms with Crippen LogP contribution in [0.1, 0.15) is 16.7 Å². The number of nitrogens with zero attached hydrogens (tertiary/aromatic N) is 1. The van der Waals surface area contributed by atoms with Crippen molar-refractivity contribution >= 4 is 6.34 Å². The molecule has 0 aromatic heterocycles. The van der Waals surface area contributed by atoms with Gasteiger partial charge in [0, 0.05) is 0 Å². The Balaban J connectivity index is 1.87. The lowest BCUT2D eigenvalue weighted by molar-refractivity contribution is -0.511. The first-order chi connectivity index (χ1) is 9.25. The lowest BCUT2D eigenvalue weighted by atomic mass is 10.1. The van der Waals surface area contributed by atoms with Gasteiger partial charge in [0.15, 0.2) is 0 Å². The molecule has 2 rings (SSSR count). The fourth-order valence-electron chi connectivity index (χ4n) is 2.04. The zero-order valence-corrected chi connectivity index (χ0v) is 11.6. The molecule has 0 aliphatic carbocycles. The van der Waals surface area contributed by atoms with E-state index in [1.807, 2.05) is 12.4 Å². The summed E-state index contributed by atoms with van der Waals surface area (Å²) in [7, 11) is 2.08. The predicted molar refractivity (Wildman–Crippen MR) is 80.4 cm³/mol. The monoisotopic (exact) mass is 253 g/mol. The van der Waals surface area contributed by atoms with Crippen LogP contribution < -0.4 is 5.32 Å². The summed E-state index contributed by atoms with van der Waals surface area (Å²) in [4.78, 5) is 0. The quantitative estimate of drug-likeness (QED) is 0.492. The topological polar surface area (TPSA) is 15.0 Å². The fraction of sp³-hybridized carbons (Fsp3) is 0.235. The molecule has 0 aliphatic heterocycles. The maximum absolute atomic E-state index is 3.36. The van der Waals surface area contributed by atoms with Crippen molar-refractivity contribution in [1.82, 2.24) is 5.32 Å². The van der Waals surface area contributed by atoms with Crippen LogP contribution >= 0.6 is 0 Å². The molecule has 0 fully saturated rings. The molecule has 2 heteroatoms. The number of nitrogens with one attached hydrogen (secondary N) is 1. The van der Waals surface area contributed by atoms with E-state index in [1.165, 1.54) is 16.7 Å². The first kappa shape index (κ1) is 13.3. The van der Waals surface area contributed by atoms with Crippen molar-refractivity contribution in [2.75, 3.05) is 7.05 Å². The van der Waals surface area contributed by atoms with Gasteiger partial charge in [-0.25, -0.2) is 0 Å². The van der Waals surface area contributed by atoms with Gasteiger partial charge in [0.1, 0.15) is 13.1 Å². The summed E-state index contributed by atoms with van der Waals surface area (Å²) in [6.07, 6.45) is 2.04. The van der Waals surface area contributed by atoms with Crippen LogP contribution in [0.2, 0.25) is 0 Å². The predicted octanol–water partition coefficient (Wildman–Crippen LogP) is 2.96. The summed E-state index contributed by atoms with van der Waals surface area (Å²) in [5, 5.41) is 3.36. The molecule has 19 heavy (non-hydrogen) atoms. The fourth-order valence-corrected chi connectivity index (χ4v) is 2.04. The molecule has 98 valence electrons. The van der Waals surface area contributed by atoms with E-state index in [-0.39, 0.29) is 0 Å². The Morgan fingerprint density at radius 2 is 1.68 bits per heavy atom. The highest BCUT2D eigenvalue weighted by Gasteiger charge is 1.99. The Labute approximate surface area is 115 Å². The highest BCUT2D eigenvalue weighted by molar-refractivity contribution is 5.48. The molecular formula is C17H21N2+. The molecule has 0 aliphatic rings. The maximum Gasteiger partial charge on any atom is 0.232 e. The zero-order chi connectivity index (χ0) is 13.5. The third-order valence-electron chi connectivity index (χ3n) is 3.14. The molecule has 2 aromatic carbocycles. The van der Waals surface area contributed by atoms with Gasteiger partial charge in [-0.3, -0.25) is 9.89 Å². The van der Waals surface area contributed by atoms with Gasteiger partial charge < -0.3 is 0 Å². The minimum Gasteiger partial charge on any atom is -0.277 e. The van der Waals surface area contributed by atoms with E-state index in [9.17, 15) is 0 Å². The van der Waals surface area contributed by atoms with Crippen molar-refractivity contribution < 1.29 is 4.58 Å². The lowest BCUT2D eigenvalue weighted by Crippen LogP contribution is -2.20. The highest BCUT2D eigenvalue weighted by Crippen LogP contribution is 2.05. The van der Waals surface area contributed by atoms with Crippen LogP contribution in [0.3, 0.4) is 0 Å². The summed E-state index contributed by atoms with van der Waals surface area (Å²) < 4.78 is 2.16. The van der Waals surface area contributed by atoms with Crippen LogP contribution in [-0.4, -0.2) is 18.0 Å². The number of benzene rings is 2. The van der Waals surface area contributed by atoms with Crippen molar-refractivity contribution in [3.63, 3.8) is 0 Å². The van der Waals surface area contributed by atoms with Gasteiger partial charge in [0.25, 0.3) is 0 Å². The number of rotatable bonds is 5. The minimum atomic E-state index is 0.867. The summed E-state index contributed by atoms with van der Waals surface area (Å²) in [5.41, 5.74) is 3.99. The second kappa shape index (κ2) is 6.74. The van der Waals surface area contributed by atoms with Gasteiger partial charge in [0.2, 0.25) is 6.34 Å². The second-order valence-electron chi connectivity index (χ2n) is 4.84. The summed E-state index contributed by atoms with van der Waals surface area (Å²) in [6.45, 7) is 3.93. The van der Waals surface area contributed by atoms with E-state index in [0.717, 1.165) is 13.1 Å². The molecule has 2 aromatic rings. The van der Waals surface area contributed by atoms with Crippen molar-refractivity contribution in [2.24, 2.45) is 0 Å². The largest absolute Gasteiger partial charge is 0.277 e. The van der Waals surface area contributed by atoms with Crippen molar-refractivity contribution in [3.8, 4) is 0 Å². The summed E-state index contributed by atoms with van der Waals surface area (Å²) in [5.74, 6) is 0. The SMILES string of the molecule is Cc1ccccc1CNC=[N+](C)Cc1ccccc1. The standard InChI is InChI=1S/C17H20N2/c1-15-8-6-7-11-17(15)12-18-14-19(2)13-16-9-4-3-5-10-16/h3-11,14H,12-13H2,1-2H3/p+1. The Morgan fingerprint density at radius 3 is 2.42 bits per heavy atom. The van der Waals surface area contributed by atoms with Crippen LogP contribution in [-0.2, 0) is 13.1 Å². The first-order valence-corrected chi connectivity index (χ1v) is 6.61. The molecule has 1 N–H and O–H groups in total. The molecule has 0 atom stereocenters. The van der Waals surface area contributed by atoms with Gasteiger partial charge in [-0.2, -0.15) is 0 Å². The molecule has 0 heterocycles. The molecule has 0 spiro atoms. The highest BCUT2D eigenvalue weighted by atomic mass is 15.0. The van der Waals surface area contributed by atoms with Gasteiger partial charge in [-0.1, -0.05) is 54.6 Å². The first-order valence-electron chi connectivity index (χ1n) is 6.61. The van der Waals surface area contributed by atoms with Crippen molar-refractivity contribution in [2.45, 2.75) is 20.0 Å². The molecule has 0 amide bonds. The smallest absolute Gasteiger partial charge is 0.232 e. The van der Waals surface area contributed by atoms with Crippen molar-refractivity contribution in [1.29, 1.82) is 0 Å². The van der Waals surface area contributed by atoms with Crippen LogP contribution in [0, 0.1) is 6.92 Å². The molecule has 0 bridgehead atoms. The average Bonchev–Trinajstić information content (AvgIpc) is 2.42. The van der Waals surface area contributed by atoms with Crippen LogP contribution in [0.5, 0.6) is 0 Å². The summed E-state index contributed by atoms with van der Waals surface area (Å²) >= 11 is 0. The van der Waals surface area contributed by atoms with Gasteiger partial charge in [0.05, 0.1) is 7.05 Å². The van der Waals surface area contributed by atoms with Crippen LogP contribution in [0.25, 0.3) is 0 Å². The van der Waals surface area contributed by atoms with Gasteiger partial charge in [-0.05, 0) is 23.6 Å². The second-order valence-corrected chi connectivity index (χ2v) is 4.84. The Bertz CT molecular complexity index is 544. The van der Waals surface area contributed by atoms with Gasteiger partial charge >= 0.3 is 0 Å². The van der Waals surface area contributed by atoms with Crippen molar-refractivity contribution in [3.05, 3.63) is 71.3 Å². The number of hydrogen-bond donors (Lipinski definition) is 1. The van der Waals surface area contributed by atoms with E-state index >= 15 is 0 Å². The molecule has 0 saturated carbocycles. The molecule has 2 nitrogen and oxygen atoms in total. The third-order valence-corrected chi connectivity index (χ3v) is 3.14. The minimum absolute atomic E-state index is 0.867. The average molecular weight is 253 g/mol. The Kier molecular flexibility index (Phi) is 4.73. The van der Waals surface area contributed by atoms with Gasteiger partial charge in [-0.15, -0.1) is 0 Å². The van der Waals surface area contributed by atoms with E-state index in [0.29, 0.717) is 0 Å². The van der Waals surface area contributed by atoms with Crippen LogP contribution in [0.4, 0.5) is 0 Å². The number of aryl methyl sites for hydroxylation is 1. The number of hydrogen-bond acceptors (Lipinski definition) is 0. The van der Waals surface area contributed by atoms with E-state index < -0.39 is 0 Å². The Hall–Kier alpha value is -2.09. The lowest BCUT2D eigenvalue weighted by Gasteiger charge is -2.03. The summed E-state index contributed by atoms with van der Waals surface area (Å²) in [6, 6.07) is 18.9. The molecule has 0 unspecified atom stereocenters. The normalized spacial score (nSPS) is 11.4. The zero-order valence-electron chi connectivity index (χ0n) is 11.6.